The predicted molar refractivity (Wildman–Crippen MR) is 47.8 cm³/mol. The van der Waals surface area contributed by atoms with Crippen LogP contribution in [0, 0.1) is 0 Å². The van der Waals surface area contributed by atoms with Crippen molar-refractivity contribution in [2.24, 2.45) is 4.99 Å². The summed E-state index contributed by atoms with van der Waals surface area (Å²) >= 11 is 0. The van der Waals surface area contributed by atoms with Crippen LogP contribution in [0.5, 0.6) is 0 Å². The van der Waals surface area contributed by atoms with Crippen LogP contribution in [0.1, 0.15) is 28.6 Å². The molecule has 2 rings (SSSR count). The molecule has 1 N–H and O–H groups in total. The number of rotatable bonds is 2. The second-order valence-electron chi connectivity index (χ2n) is 2.73. The zero-order chi connectivity index (χ0) is 11.6. The number of aryl methyl sites for hydroxylation is 1. The van der Waals surface area contributed by atoms with Gasteiger partial charge in [-0.2, -0.15) is 4.98 Å². The van der Waals surface area contributed by atoms with Gasteiger partial charge >= 0.3 is 0 Å². The van der Waals surface area contributed by atoms with Crippen molar-refractivity contribution in [3.63, 3.8) is 0 Å². The van der Waals surface area contributed by atoms with Crippen LogP contribution in [0.3, 0.4) is 0 Å². The van der Waals surface area contributed by atoms with Crippen molar-refractivity contribution < 1.29 is 8.64 Å². The summed E-state index contributed by atoms with van der Waals surface area (Å²) in [5.74, 6) is 0.288. The average molecular weight is 183 g/mol. The largest absolute Gasteiger partial charge is 0.376 e. The number of hydrogen-bond acceptors (Lipinski definition) is 5. The van der Waals surface area contributed by atoms with Crippen LogP contribution < -0.4 is 5.32 Å². The lowest BCUT2D eigenvalue weighted by atomic mass is 10.1. The zero-order valence-electron chi connectivity index (χ0n) is 10.0. The van der Waals surface area contributed by atoms with Gasteiger partial charge < -0.3 is 9.84 Å². The van der Waals surface area contributed by atoms with Gasteiger partial charge in [-0.25, -0.2) is 0 Å². The Morgan fingerprint density at radius 1 is 1.92 bits per heavy atom. The Bertz CT molecular complexity index is 392. The van der Waals surface area contributed by atoms with Crippen molar-refractivity contribution in [1.29, 1.82) is 0 Å². The van der Waals surface area contributed by atoms with Gasteiger partial charge in [0.05, 0.1) is 18.8 Å². The lowest BCUT2D eigenvalue weighted by molar-refractivity contribution is 0.348. The summed E-state index contributed by atoms with van der Waals surface area (Å²) < 4.78 is 27.0. The van der Waals surface area contributed by atoms with Gasteiger partial charge in [0.2, 0.25) is 5.89 Å². The molecule has 0 amide bonds. The van der Waals surface area contributed by atoms with Crippen LogP contribution in [0.15, 0.2) is 9.52 Å². The van der Waals surface area contributed by atoms with Gasteiger partial charge in [0.1, 0.15) is 0 Å². The Morgan fingerprint density at radius 3 is 3.69 bits per heavy atom. The zero-order valence-corrected chi connectivity index (χ0v) is 7.03. The molecular formula is C8H12N4O. The van der Waals surface area contributed by atoms with Crippen molar-refractivity contribution in [1.82, 2.24) is 15.5 Å². The van der Waals surface area contributed by atoms with E-state index in [2.05, 4.69) is 20.4 Å². The SMILES string of the molecule is [2H]CC([2H])([2H])c1noc(C2CN=CNC2)n1. The van der Waals surface area contributed by atoms with Gasteiger partial charge in [-0.05, 0) is 0 Å². The summed E-state index contributed by atoms with van der Waals surface area (Å²) in [6.45, 7) is 0.778. The molecule has 0 aliphatic carbocycles. The third-order valence-electron chi connectivity index (χ3n) is 1.82. The first-order valence-corrected chi connectivity index (χ1v) is 3.98. The molecule has 5 nitrogen and oxygen atoms in total. The first kappa shape index (κ1) is 5.36. The quantitative estimate of drug-likeness (QED) is 0.718. The van der Waals surface area contributed by atoms with Gasteiger partial charge in [0.15, 0.2) is 5.82 Å². The first-order valence-electron chi connectivity index (χ1n) is 5.69. The Hall–Kier alpha value is -1.39. The first-order chi connectivity index (χ1) is 7.63. The standard InChI is InChI=1S/C8H12N4O/c1-2-7-11-8(13-12-7)6-3-9-5-10-4-6/h5-6H,2-4H2,1H3,(H,9,10)/i1D,2D2. The molecule has 13 heavy (non-hydrogen) atoms. The van der Waals surface area contributed by atoms with Crippen LogP contribution in [-0.2, 0) is 6.37 Å². The molecule has 1 aromatic rings. The van der Waals surface area contributed by atoms with Crippen molar-refractivity contribution in [3.8, 4) is 0 Å². The maximum atomic E-state index is 7.49. The van der Waals surface area contributed by atoms with Crippen LogP contribution in [-0.4, -0.2) is 29.6 Å². The van der Waals surface area contributed by atoms with Crippen LogP contribution in [0.25, 0.3) is 0 Å². The molecule has 1 atom stereocenters. The van der Waals surface area contributed by atoms with Crippen LogP contribution >= 0.6 is 0 Å². The molecule has 1 aliphatic rings. The highest BCUT2D eigenvalue weighted by atomic mass is 16.5. The van der Waals surface area contributed by atoms with Gasteiger partial charge in [0, 0.05) is 17.0 Å². The molecular weight excluding hydrogens is 168 g/mol. The summed E-state index contributed by atoms with van der Waals surface area (Å²) in [6.07, 6.45) is -0.232. The van der Waals surface area contributed by atoms with E-state index in [4.69, 9.17) is 8.64 Å². The highest BCUT2D eigenvalue weighted by Gasteiger charge is 2.19. The van der Waals surface area contributed by atoms with E-state index in [0.717, 1.165) is 0 Å². The number of hydrogen-bond donors (Lipinski definition) is 1. The van der Waals surface area contributed by atoms with Crippen molar-refractivity contribution in [2.75, 3.05) is 13.1 Å². The molecule has 0 bridgehead atoms. The Morgan fingerprint density at radius 2 is 2.92 bits per heavy atom. The fourth-order valence-corrected chi connectivity index (χ4v) is 1.14. The number of nitrogens with zero attached hydrogens (tertiary/aromatic N) is 3. The predicted octanol–water partition coefficient (Wildman–Crippen LogP) is 0.347. The molecule has 5 heteroatoms. The van der Waals surface area contributed by atoms with Crippen molar-refractivity contribution in [2.45, 2.75) is 19.2 Å². The lowest BCUT2D eigenvalue weighted by Crippen LogP contribution is -2.27. The monoisotopic (exact) mass is 183 g/mol. The molecule has 70 valence electrons. The molecule has 0 saturated carbocycles. The molecule has 2 heterocycles. The minimum absolute atomic E-state index is 0.0206. The van der Waals surface area contributed by atoms with E-state index in [-0.39, 0.29) is 11.7 Å². The third kappa shape index (κ3) is 1.68. The molecule has 0 spiro atoms. The second kappa shape index (κ2) is 3.55. The lowest BCUT2D eigenvalue weighted by Gasteiger charge is -2.13. The summed E-state index contributed by atoms with van der Waals surface area (Å²) in [5.41, 5.74) is 0. The summed E-state index contributed by atoms with van der Waals surface area (Å²) in [4.78, 5) is 8.02. The molecule has 0 radical (unpaired) electrons. The highest BCUT2D eigenvalue weighted by Crippen LogP contribution is 2.14. The molecule has 1 aromatic heterocycles. The summed E-state index contributed by atoms with van der Waals surface area (Å²) in [7, 11) is 0. The number of aromatic nitrogens is 2. The Labute approximate surface area is 80.5 Å². The molecule has 1 unspecified atom stereocenters. The van der Waals surface area contributed by atoms with E-state index in [1.807, 2.05) is 0 Å². The van der Waals surface area contributed by atoms with E-state index in [9.17, 15) is 0 Å². The summed E-state index contributed by atoms with van der Waals surface area (Å²) in [6, 6.07) is 0. The summed E-state index contributed by atoms with van der Waals surface area (Å²) in [5, 5.41) is 6.52. The fourth-order valence-electron chi connectivity index (χ4n) is 1.14. The highest BCUT2D eigenvalue weighted by molar-refractivity contribution is 5.55. The fraction of sp³-hybridized carbons (Fsp3) is 0.625. The van der Waals surface area contributed by atoms with Gasteiger partial charge in [0.25, 0.3) is 0 Å². The van der Waals surface area contributed by atoms with Gasteiger partial charge in [-0.15, -0.1) is 0 Å². The normalized spacial score (nSPS) is 25.8. The van der Waals surface area contributed by atoms with E-state index >= 15 is 0 Å². The Balaban J connectivity index is 2.16. The number of aliphatic imine (C=N–C) groups is 1. The smallest absolute Gasteiger partial charge is 0.233 e. The third-order valence-corrected chi connectivity index (χ3v) is 1.82. The maximum absolute atomic E-state index is 7.49. The average Bonchev–Trinajstić information content (AvgIpc) is 2.80. The molecule has 0 fully saturated rings. The minimum atomic E-state index is -1.85. The molecule has 0 aromatic carbocycles. The van der Waals surface area contributed by atoms with Gasteiger partial charge in [-0.3, -0.25) is 4.99 Å². The van der Waals surface area contributed by atoms with Crippen LogP contribution in [0.2, 0.25) is 0 Å². The number of nitrogens with one attached hydrogen (secondary N) is 1. The molecule has 0 saturated heterocycles. The topological polar surface area (TPSA) is 63.3 Å². The van der Waals surface area contributed by atoms with Crippen molar-refractivity contribution in [3.05, 3.63) is 11.7 Å². The molecule has 1 aliphatic heterocycles. The van der Waals surface area contributed by atoms with E-state index in [1.54, 1.807) is 6.34 Å². The van der Waals surface area contributed by atoms with Gasteiger partial charge in [-0.1, -0.05) is 12.1 Å². The van der Waals surface area contributed by atoms with Crippen molar-refractivity contribution >= 4 is 6.34 Å². The maximum Gasteiger partial charge on any atom is 0.233 e. The van der Waals surface area contributed by atoms with E-state index in [1.165, 1.54) is 0 Å². The van der Waals surface area contributed by atoms with E-state index < -0.39 is 13.3 Å². The minimum Gasteiger partial charge on any atom is -0.376 e. The second-order valence-corrected chi connectivity index (χ2v) is 2.73. The van der Waals surface area contributed by atoms with E-state index in [0.29, 0.717) is 19.0 Å². The van der Waals surface area contributed by atoms with Crippen LogP contribution in [0.4, 0.5) is 0 Å². The Kier molecular flexibility index (Phi) is 1.47.